The Morgan fingerprint density at radius 3 is 2.58 bits per heavy atom. The van der Waals surface area contributed by atoms with Gasteiger partial charge in [-0.25, -0.2) is 0 Å². The summed E-state index contributed by atoms with van der Waals surface area (Å²) < 4.78 is 5.29. The van der Waals surface area contributed by atoms with E-state index in [9.17, 15) is 9.90 Å². The highest BCUT2D eigenvalue weighted by atomic mass is 35.5. The number of carbonyl (C=O) groups is 1. The number of aliphatic hydroxyl groups is 1. The molecule has 0 unspecified atom stereocenters. The Balaban J connectivity index is 1.88. The maximum absolute atomic E-state index is 12.6. The summed E-state index contributed by atoms with van der Waals surface area (Å²) >= 11 is 5.91. The standard InChI is InChI=1S/C18H21ClN2O3/c1-11(22)15-16(12-7-9-13(19)10-8-12)21-24-17(15)18(23)20-14-5-3-2-4-6-14/h7-11,14,22H,2-6H2,1H3,(H,20,23)/t11-/m0/s1. The van der Waals surface area contributed by atoms with Gasteiger partial charge in [-0.3, -0.25) is 4.79 Å². The molecule has 1 heterocycles. The number of nitrogens with one attached hydrogen (secondary N) is 1. The summed E-state index contributed by atoms with van der Waals surface area (Å²) in [5.74, 6) is -0.231. The molecule has 1 aliphatic rings. The topological polar surface area (TPSA) is 75.4 Å². The van der Waals surface area contributed by atoms with Crippen molar-refractivity contribution in [3.05, 3.63) is 40.6 Å². The van der Waals surface area contributed by atoms with Crippen LogP contribution >= 0.6 is 11.6 Å². The fraction of sp³-hybridized carbons (Fsp3) is 0.444. The number of halogens is 1. The van der Waals surface area contributed by atoms with Gasteiger partial charge in [-0.05, 0) is 31.9 Å². The van der Waals surface area contributed by atoms with E-state index in [1.54, 1.807) is 31.2 Å². The number of carbonyl (C=O) groups excluding carboxylic acids is 1. The SMILES string of the molecule is C[C@H](O)c1c(-c2ccc(Cl)cc2)noc1C(=O)NC1CCCCC1. The third-order valence-corrected chi connectivity index (χ3v) is 4.66. The lowest BCUT2D eigenvalue weighted by Crippen LogP contribution is -2.36. The number of hydrogen-bond acceptors (Lipinski definition) is 4. The first kappa shape index (κ1) is 17.0. The van der Waals surface area contributed by atoms with Crippen LogP contribution in [-0.2, 0) is 0 Å². The lowest BCUT2D eigenvalue weighted by atomic mass is 9.95. The number of rotatable bonds is 4. The highest BCUT2D eigenvalue weighted by molar-refractivity contribution is 6.30. The maximum atomic E-state index is 12.6. The van der Waals surface area contributed by atoms with Crippen molar-refractivity contribution < 1.29 is 14.4 Å². The first-order valence-electron chi connectivity index (χ1n) is 8.30. The lowest BCUT2D eigenvalue weighted by molar-refractivity contribution is 0.0881. The van der Waals surface area contributed by atoms with Crippen LogP contribution < -0.4 is 5.32 Å². The van der Waals surface area contributed by atoms with Gasteiger partial charge in [-0.2, -0.15) is 0 Å². The summed E-state index contributed by atoms with van der Waals surface area (Å²) in [6.07, 6.45) is 4.56. The largest absolute Gasteiger partial charge is 0.388 e. The van der Waals surface area contributed by atoms with E-state index in [1.165, 1.54) is 6.42 Å². The summed E-state index contributed by atoms with van der Waals surface area (Å²) in [6.45, 7) is 1.60. The predicted molar refractivity (Wildman–Crippen MR) is 91.9 cm³/mol. The van der Waals surface area contributed by atoms with Crippen molar-refractivity contribution in [2.75, 3.05) is 0 Å². The molecule has 0 saturated heterocycles. The summed E-state index contributed by atoms with van der Waals surface area (Å²) in [6, 6.07) is 7.21. The molecule has 1 aromatic heterocycles. The van der Waals surface area contributed by atoms with E-state index in [1.807, 2.05) is 0 Å². The minimum absolute atomic E-state index is 0.0838. The Morgan fingerprint density at radius 2 is 1.96 bits per heavy atom. The molecule has 0 bridgehead atoms. The summed E-state index contributed by atoms with van der Waals surface area (Å²) in [7, 11) is 0. The average Bonchev–Trinajstić information content (AvgIpc) is 3.02. The second-order valence-corrected chi connectivity index (χ2v) is 6.70. The summed E-state index contributed by atoms with van der Waals surface area (Å²) in [5, 5.41) is 17.8. The van der Waals surface area contributed by atoms with E-state index in [2.05, 4.69) is 10.5 Å². The third kappa shape index (κ3) is 3.62. The Bertz CT molecular complexity index is 704. The lowest BCUT2D eigenvalue weighted by Gasteiger charge is -2.22. The maximum Gasteiger partial charge on any atom is 0.290 e. The van der Waals surface area contributed by atoms with Gasteiger partial charge in [0.2, 0.25) is 5.76 Å². The number of hydrogen-bond donors (Lipinski definition) is 2. The van der Waals surface area contributed by atoms with E-state index in [4.69, 9.17) is 16.1 Å². The van der Waals surface area contributed by atoms with Crippen LogP contribution in [0.25, 0.3) is 11.3 Å². The average molecular weight is 349 g/mol. The molecule has 6 heteroatoms. The monoisotopic (exact) mass is 348 g/mol. The highest BCUT2D eigenvalue weighted by Gasteiger charge is 2.28. The molecule has 1 saturated carbocycles. The van der Waals surface area contributed by atoms with Crippen molar-refractivity contribution in [3.63, 3.8) is 0 Å². The Hall–Kier alpha value is -1.85. The smallest absolute Gasteiger partial charge is 0.290 e. The fourth-order valence-corrected chi connectivity index (χ4v) is 3.29. The van der Waals surface area contributed by atoms with E-state index >= 15 is 0 Å². The highest BCUT2D eigenvalue weighted by Crippen LogP contribution is 2.31. The van der Waals surface area contributed by atoms with Crippen LogP contribution in [0.2, 0.25) is 5.02 Å². The Labute approximate surface area is 146 Å². The molecular formula is C18H21ClN2O3. The van der Waals surface area contributed by atoms with Gasteiger partial charge in [0.25, 0.3) is 5.91 Å². The van der Waals surface area contributed by atoms with Gasteiger partial charge in [0.1, 0.15) is 5.69 Å². The van der Waals surface area contributed by atoms with Gasteiger partial charge >= 0.3 is 0 Å². The number of aromatic nitrogens is 1. The molecule has 1 atom stereocenters. The van der Waals surface area contributed by atoms with Crippen LogP contribution in [0.5, 0.6) is 0 Å². The van der Waals surface area contributed by atoms with Crippen molar-refractivity contribution in [2.45, 2.75) is 51.2 Å². The van der Waals surface area contributed by atoms with Crippen LogP contribution in [0, 0.1) is 0 Å². The Kier molecular flexibility index (Phi) is 5.21. The summed E-state index contributed by atoms with van der Waals surface area (Å²) in [4.78, 5) is 12.6. The molecule has 0 aliphatic heterocycles. The minimum atomic E-state index is -0.867. The van der Waals surface area contributed by atoms with E-state index < -0.39 is 6.10 Å². The zero-order valence-corrected chi connectivity index (χ0v) is 14.3. The molecule has 1 fully saturated rings. The number of benzene rings is 1. The van der Waals surface area contributed by atoms with Crippen molar-refractivity contribution in [1.82, 2.24) is 10.5 Å². The normalized spacial score (nSPS) is 16.8. The van der Waals surface area contributed by atoms with Crippen molar-refractivity contribution >= 4 is 17.5 Å². The van der Waals surface area contributed by atoms with Crippen LogP contribution in [0.3, 0.4) is 0 Å². The van der Waals surface area contributed by atoms with E-state index in [0.29, 0.717) is 16.3 Å². The first-order chi connectivity index (χ1) is 11.6. The number of amides is 1. The van der Waals surface area contributed by atoms with Gasteiger partial charge in [0.15, 0.2) is 0 Å². The van der Waals surface area contributed by atoms with E-state index in [0.717, 1.165) is 31.2 Å². The fourth-order valence-electron chi connectivity index (χ4n) is 3.16. The van der Waals surface area contributed by atoms with Gasteiger partial charge in [0.05, 0.1) is 11.7 Å². The first-order valence-corrected chi connectivity index (χ1v) is 8.68. The third-order valence-electron chi connectivity index (χ3n) is 4.41. The molecule has 1 aliphatic carbocycles. The second kappa shape index (κ2) is 7.36. The van der Waals surface area contributed by atoms with Crippen LogP contribution in [0.1, 0.15) is 61.3 Å². The minimum Gasteiger partial charge on any atom is -0.388 e. The molecule has 3 rings (SSSR count). The van der Waals surface area contributed by atoms with Crippen molar-refractivity contribution in [2.24, 2.45) is 0 Å². The van der Waals surface area contributed by atoms with Crippen molar-refractivity contribution in [1.29, 1.82) is 0 Å². The van der Waals surface area contributed by atoms with Crippen LogP contribution in [0.15, 0.2) is 28.8 Å². The number of aliphatic hydroxyl groups excluding tert-OH is 1. The number of nitrogens with zero attached hydrogens (tertiary/aromatic N) is 1. The Morgan fingerprint density at radius 1 is 1.29 bits per heavy atom. The quantitative estimate of drug-likeness (QED) is 0.871. The van der Waals surface area contributed by atoms with Gasteiger partial charge in [0, 0.05) is 16.6 Å². The van der Waals surface area contributed by atoms with Gasteiger partial charge < -0.3 is 14.9 Å². The van der Waals surface area contributed by atoms with Gasteiger partial charge in [-0.15, -0.1) is 0 Å². The molecule has 1 amide bonds. The van der Waals surface area contributed by atoms with E-state index in [-0.39, 0.29) is 17.7 Å². The molecule has 5 nitrogen and oxygen atoms in total. The zero-order chi connectivity index (χ0) is 17.1. The van der Waals surface area contributed by atoms with Crippen LogP contribution in [0.4, 0.5) is 0 Å². The molecule has 1 aromatic carbocycles. The molecule has 0 spiro atoms. The van der Waals surface area contributed by atoms with Crippen LogP contribution in [-0.4, -0.2) is 22.2 Å². The molecule has 24 heavy (non-hydrogen) atoms. The molecule has 0 radical (unpaired) electrons. The zero-order valence-electron chi connectivity index (χ0n) is 13.6. The predicted octanol–water partition coefficient (Wildman–Crippen LogP) is 4.11. The molecule has 2 N–H and O–H groups in total. The molecule has 128 valence electrons. The van der Waals surface area contributed by atoms with Gasteiger partial charge in [-0.1, -0.05) is 48.2 Å². The summed E-state index contributed by atoms with van der Waals surface area (Å²) in [5.41, 5.74) is 1.62. The second-order valence-electron chi connectivity index (χ2n) is 6.27. The van der Waals surface area contributed by atoms with Crippen molar-refractivity contribution in [3.8, 4) is 11.3 Å². The molecular weight excluding hydrogens is 328 g/mol. The molecule has 2 aromatic rings.